The standard InChI is InChI=1S/C12H16N2O3/c15-8-9-2-1-5-14(7-9)12(17)10-3-4-13-6-11(10)16/h3-4,6,9,15-16H,1-2,5,7-8H2. The van der Waals surface area contributed by atoms with E-state index in [2.05, 4.69) is 4.98 Å². The molecule has 92 valence electrons. The summed E-state index contributed by atoms with van der Waals surface area (Å²) in [5.74, 6) is -0.136. The normalized spacial score (nSPS) is 20.3. The minimum absolute atomic E-state index is 0.0939. The van der Waals surface area contributed by atoms with E-state index >= 15 is 0 Å². The first-order valence-electron chi connectivity index (χ1n) is 5.75. The lowest BCUT2D eigenvalue weighted by Gasteiger charge is -2.31. The van der Waals surface area contributed by atoms with E-state index in [4.69, 9.17) is 5.11 Å². The molecule has 1 saturated heterocycles. The van der Waals surface area contributed by atoms with Gasteiger partial charge in [0.1, 0.15) is 5.75 Å². The predicted octanol–water partition coefficient (Wildman–Crippen LogP) is 0.632. The molecule has 2 heterocycles. The predicted molar refractivity (Wildman–Crippen MR) is 61.6 cm³/mol. The van der Waals surface area contributed by atoms with E-state index in [1.165, 1.54) is 18.5 Å². The first-order chi connectivity index (χ1) is 8.22. The number of nitrogens with zero attached hydrogens (tertiary/aromatic N) is 2. The molecule has 2 N–H and O–H groups in total. The summed E-state index contributed by atoms with van der Waals surface area (Å²) in [6.07, 6.45) is 4.59. The van der Waals surface area contributed by atoms with E-state index in [9.17, 15) is 9.90 Å². The zero-order valence-electron chi connectivity index (χ0n) is 9.54. The number of aliphatic hydroxyl groups excluding tert-OH is 1. The molecule has 5 nitrogen and oxygen atoms in total. The summed E-state index contributed by atoms with van der Waals surface area (Å²) in [5, 5.41) is 18.7. The summed E-state index contributed by atoms with van der Waals surface area (Å²) >= 11 is 0. The van der Waals surface area contributed by atoms with Crippen molar-refractivity contribution in [2.75, 3.05) is 19.7 Å². The van der Waals surface area contributed by atoms with Crippen LogP contribution in [0.5, 0.6) is 5.75 Å². The number of piperidine rings is 1. The molecule has 0 spiro atoms. The minimum Gasteiger partial charge on any atom is -0.505 e. The van der Waals surface area contributed by atoms with E-state index < -0.39 is 0 Å². The summed E-state index contributed by atoms with van der Waals surface area (Å²) < 4.78 is 0. The van der Waals surface area contributed by atoms with Crippen molar-refractivity contribution in [3.63, 3.8) is 0 Å². The van der Waals surface area contributed by atoms with Crippen molar-refractivity contribution < 1.29 is 15.0 Å². The molecule has 0 bridgehead atoms. The van der Waals surface area contributed by atoms with Crippen LogP contribution in [0.3, 0.4) is 0 Å². The number of aromatic nitrogens is 1. The summed E-state index contributed by atoms with van der Waals surface area (Å²) in [6, 6.07) is 1.51. The zero-order chi connectivity index (χ0) is 12.3. The van der Waals surface area contributed by atoms with Crippen molar-refractivity contribution in [2.24, 2.45) is 5.92 Å². The van der Waals surface area contributed by atoms with E-state index in [1.54, 1.807) is 4.90 Å². The highest BCUT2D eigenvalue weighted by Crippen LogP contribution is 2.21. The van der Waals surface area contributed by atoms with Gasteiger partial charge in [-0.3, -0.25) is 9.78 Å². The van der Waals surface area contributed by atoms with Gasteiger partial charge in [0.15, 0.2) is 0 Å². The number of carbonyl (C=O) groups excluding carboxylic acids is 1. The fourth-order valence-electron chi connectivity index (χ4n) is 2.14. The first kappa shape index (κ1) is 11.9. The molecule has 0 saturated carbocycles. The van der Waals surface area contributed by atoms with Crippen LogP contribution in [-0.4, -0.2) is 45.7 Å². The second kappa shape index (κ2) is 5.14. The Balaban J connectivity index is 2.12. The molecule has 1 atom stereocenters. The molecule has 1 aromatic rings. The Bertz CT molecular complexity index is 408. The Morgan fingerprint density at radius 3 is 3.12 bits per heavy atom. The topological polar surface area (TPSA) is 73.7 Å². The number of hydrogen-bond acceptors (Lipinski definition) is 4. The maximum atomic E-state index is 12.1. The molecule has 0 radical (unpaired) electrons. The van der Waals surface area contributed by atoms with Crippen molar-refractivity contribution in [3.8, 4) is 5.75 Å². The number of likely N-dealkylation sites (tertiary alicyclic amines) is 1. The van der Waals surface area contributed by atoms with Crippen LogP contribution in [0.25, 0.3) is 0 Å². The van der Waals surface area contributed by atoms with Gasteiger partial charge in [0.25, 0.3) is 5.91 Å². The van der Waals surface area contributed by atoms with Gasteiger partial charge in [0, 0.05) is 25.9 Å². The maximum absolute atomic E-state index is 12.1. The van der Waals surface area contributed by atoms with Crippen LogP contribution in [0.1, 0.15) is 23.2 Å². The largest absolute Gasteiger partial charge is 0.505 e. The summed E-state index contributed by atoms with van der Waals surface area (Å²) in [4.78, 5) is 17.6. The van der Waals surface area contributed by atoms with Gasteiger partial charge in [-0.15, -0.1) is 0 Å². The number of pyridine rings is 1. The molecule has 1 aliphatic rings. The maximum Gasteiger partial charge on any atom is 0.257 e. The highest BCUT2D eigenvalue weighted by Gasteiger charge is 2.25. The third-order valence-corrected chi connectivity index (χ3v) is 3.09. The minimum atomic E-state index is -0.192. The third-order valence-electron chi connectivity index (χ3n) is 3.09. The number of aliphatic hydroxyl groups is 1. The van der Waals surface area contributed by atoms with E-state index in [-0.39, 0.29) is 29.7 Å². The number of aromatic hydroxyl groups is 1. The molecule has 1 amide bonds. The lowest BCUT2D eigenvalue weighted by atomic mass is 9.98. The van der Waals surface area contributed by atoms with E-state index in [1.807, 2.05) is 0 Å². The van der Waals surface area contributed by atoms with Gasteiger partial charge in [-0.25, -0.2) is 0 Å². The fourth-order valence-corrected chi connectivity index (χ4v) is 2.14. The van der Waals surface area contributed by atoms with Crippen LogP contribution in [0.2, 0.25) is 0 Å². The first-order valence-corrected chi connectivity index (χ1v) is 5.75. The van der Waals surface area contributed by atoms with Crippen molar-refractivity contribution in [1.29, 1.82) is 0 Å². The fraction of sp³-hybridized carbons (Fsp3) is 0.500. The van der Waals surface area contributed by atoms with Crippen molar-refractivity contribution >= 4 is 5.91 Å². The van der Waals surface area contributed by atoms with Crippen LogP contribution >= 0.6 is 0 Å². The molecular formula is C12H16N2O3. The van der Waals surface area contributed by atoms with Crippen LogP contribution < -0.4 is 0 Å². The lowest BCUT2D eigenvalue weighted by Crippen LogP contribution is -2.40. The second-order valence-corrected chi connectivity index (χ2v) is 4.33. The van der Waals surface area contributed by atoms with Gasteiger partial charge in [0.05, 0.1) is 11.8 Å². The lowest BCUT2D eigenvalue weighted by molar-refractivity contribution is 0.0617. The van der Waals surface area contributed by atoms with Gasteiger partial charge in [-0.1, -0.05) is 0 Å². The molecule has 5 heteroatoms. The number of amides is 1. The number of hydrogen-bond donors (Lipinski definition) is 2. The Labute approximate surface area is 99.7 Å². The smallest absolute Gasteiger partial charge is 0.257 e. The van der Waals surface area contributed by atoms with Gasteiger partial charge in [-0.2, -0.15) is 0 Å². The second-order valence-electron chi connectivity index (χ2n) is 4.33. The van der Waals surface area contributed by atoms with Crippen LogP contribution in [0.15, 0.2) is 18.5 Å². The zero-order valence-corrected chi connectivity index (χ0v) is 9.54. The molecule has 1 unspecified atom stereocenters. The number of carbonyl (C=O) groups is 1. The van der Waals surface area contributed by atoms with Gasteiger partial charge >= 0.3 is 0 Å². The van der Waals surface area contributed by atoms with E-state index in [0.717, 1.165) is 12.8 Å². The van der Waals surface area contributed by atoms with Gasteiger partial charge in [-0.05, 0) is 24.8 Å². The Morgan fingerprint density at radius 1 is 1.59 bits per heavy atom. The Kier molecular flexibility index (Phi) is 3.58. The average molecular weight is 236 g/mol. The van der Waals surface area contributed by atoms with E-state index in [0.29, 0.717) is 13.1 Å². The van der Waals surface area contributed by atoms with Crippen molar-refractivity contribution in [3.05, 3.63) is 24.0 Å². The Hall–Kier alpha value is -1.62. The van der Waals surface area contributed by atoms with Crippen LogP contribution in [0.4, 0.5) is 0 Å². The molecule has 1 aromatic heterocycles. The molecular weight excluding hydrogens is 220 g/mol. The van der Waals surface area contributed by atoms with Crippen LogP contribution in [0, 0.1) is 5.92 Å². The molecule has 1 aliphatic heterocycles. The molecule has 0 aromatic carbocycles. The monoisotopic (exact) mass is 236 g/mol. The molecule has 1 fully saturated rings. The molecule has 0 aliphatic carbocycles. The quantitative estimate of drug-likeness (QED) is 0.790. The van der Waals surface area contributed by atoms with Crippen molar-refractivity contribution in [1.82, 2.24) is 9.88 Å². The summed E-state index contributed by atoms with van der Waals surface area (Å²) in [7, 11) is 0. The third kappa shape index (κ3) is 2.55. The average Bonchev–Trinajstić information content (AvgIpc) is 2.38. The van der Waals surface area contributed by atoms with Crippen molar-refractivity contribution in [2.45, 2.75) is 12.8 Å². The van der Waals surface area contributed by atoms with Gasteiger partial charge in [0.2, 0.25) is 0 Å². The summed E-state index contributed by atoms with van der Waals surface area (Å²) in [5.41, 5.74) is 0.276. The SMILES string of the molecule is O=C(c1ccncc1O)N1CCCC(CO)C1. The Morgan fingerprint density at radius 2 is 2.41 bits per heavy atom. The highest BCUT2D eigenvalue weighted by molar-refractivity contribution is 5.96. The highest BCUT2D eigenvalue weighted by atomic mass is 16.3. The summed E-state index contributed by atoms with van der Waals surface area (Å²) in [6.45, 7) is 1.33. The van der Waals surface area contributed by atoms with Crippen LogP contribution in [-0.2, 0) is 0 Å². The van der Waals surface area contributed by atoms with Gasteiger partial charge < -0.3 is 15.1 Å². The number of rotatable bonds is 2. The molecule has 2 rings (SSSR count). The molecule has 17 heavy (non-hydrogen) atoms.